The summed E-state index contributed by atoms with van der Waals surface area (Å²) in [4.78, 5) is 29.4. The SMILES string of the molecule is CCCc1cc(=O)n2nc(NCc3cccc(NC(=O)c4ccco4)c3)sc2n1. The molecule has 0 unspecified atom stereocenters. The second-order valence-electron chi connectivity index (χ2n) is 6.42. The molecule has 0 saturated heterocycles. The Morgan fingerprint density at radius 2 is 2.14 bits per heavy atom. The Hall–Kier alpha value is -3.46. The molecular formula is C20H19N5O3S. The van der Waals surface area contributed by atoms with Crippen molar-refractivity contribution in [2.75, 3.05) is 10.6 Å². The molecule has 0 spiro atoms. The van der Waals surface area contributed by atoms with E-state index in [4.69, 9.17) is 4.42 Å². The van der Waals surface area contributed by atoms with Gasteiger partial charge in [-0.1, -0.05) is 36.8 Å². The number of carbonyl (C=O) groups is 1. The first-order valence-electron chi connectivity index (χ1n) is 9.20. The highest BCUT2D eigenvalue weighted by molar-refractivity contribution is 7.20. The predicted octanol–water partition coefficient (Wildman–Crippen LogP) is 3.56. The topological polar surface area (TPSA) is 102 Å². The number of furan rings is 1. The summed E-state index contributed by atoms with van der Waals surface area (Å²) in [6, 6.07) is 12.3. The second kappa shape index (κ2) is 8.27. The summed E-state index contributed by atoms with van der Waals surface area (Å²) >= 11 is 1.33. The number of hydrogen-bond acceptors (Lipinski definition) is 7. The number of hydrogen-bond donors (Lipinski definition) is 2. The highest BCUT2D eigenvalue weighted by Crippen LogP contribution is 2.19. The molecule has 3 aromatic heterocycles. The normalized spacial score (nSPS) is 10.9. The molecule has 2 N–H and O–H groups in total. The molecule has 4 rings (SSSR count). The van der Waals surface area contributed by atoms with Gasteiger partial charge in [0.05, 0.1) is 6.26 Å². The van der Waals surface area contributed by atoms with Crippen molar-refractivity contribution < 1.29 is 9.21 Å². The van der Waals surface area contributed by atoms with Crippen molar-refractivity contribution >= 4 is 33.0 Å². The molecule has 1 amide bonds. The van der Waals surface area contributed by atoms with Crippen LogP contribution in [0.5, 0.6) is 0 Å². The Morgan fingerprint density at radius 3 is 2.93 bits per heavy atom. The largest absolute Gasteiger partial charge is 0.459 e. The van der Waals surface area contributed by atoms with Gasteiger partial charge in [0.15, 0.2) is 5.76 Å². The fourth-order valence-electron chi connectivity index (χ4n) is 2.85. The molecule has 4 aromatic rings. The summed E-state index contributed by atoms with van der Waals surface area (Å²) in [6.45, 7) is 2.54. The Labute approximate surface area is 170 Å². The maximum Gasteiger partial charge on any atom is 0.291 e. The zero-order valence-corrected chi connectivity index (χ0v) is 16.5. The number of rotatable bonds is 7. The smallest absolute Gasteiger partial charge is 0.291 e. The molecule has 1 aromatic carbocycles. The molecule has 3 heterocycles. The van der Waals surface area contributed by atoms with Gasteiger partial charge in [-0.2, -0.15) is 4.52 Å². The first kappa shape index (κ1) is 18.9. The van der Waals surface area contributed by atoms with Gasteiger partial charge in [0.25, 0.3) is 11.5 Å². The molecule has 29 heavy (non-hydrogen) atoms. The predicted molar refractivity (Wildman–Crippen MR) is 112 cm³/mol. The summed E-state index contributed by atoms with van der Waals surface area (Å²) in [5.41, 5.74) is 2.23. The lowest BCUT2D eigenvalue weighted by molar-refractivity contribution is 0.0996. The number of aromatic nitrogens is 3. The standard InChI is InChI=1S/C20H19N5O3S/c1-2-5-14-11-17(26)25-20(23-14)29-19(24-25)21-12-13-6-3-7-15(10-13)22-18(27)16-8-4-9-28-16/h3-4,6-11H,2,5,12H2,1H3,(H,21,24)(H,22,27). The molecule has 0 atom stereocenters. The maximum atomic E-state index is 12.2. The van der Waals surface area contributed by atoms with Crippen LogP contribution >= 0.6 is 11.3 Å². The van der Waals surface area contributed by atoms with E-state index in [-0.39, 0.29) is 17.2 Å². The molecular weight excluding hydrogens is 390 g/mol. The van der Waals surface area contributed by atoms with Gasteiger partial charge in [-0.25, -0.2) is 4.98 Å². The summed E-state index contributed by atoms with van der Waals surface area (Å²) in [5, 5.41) is 10.9. The van der Waals surface area contributed by atoms with Crippen LogP contribution in [0.4, 0.5) is 10.8 Å². The van der Waals surface area contributed by atoms with Crippen molar-refractivity contribution in [2.45, 2.75) is 26.3 Å². The summed E-state index contributed by atoms with van der Waals surface area (Å²) in [6.07, 6.45) is 3.15. The van der Waals surface area contributed by atoms with E-state index in [9.17, 15) is 9.59 Å². The number of amides is 1. The molecule has 148 valence electrons. The van der Waals surface area contributed by atoms with Crippen LogP contribution in [0.15, 0.2) is 57.9 Å². The molecule has 0 aliphatic rings. The molecule has 0 aliphatic carbocycles. The zero-order chi connectivity index (χ0) is 20.2. The first-order chi connectivity index (χ1) is 14.1. The summed E-state index contributed by atoms with van der Waals surface area (Å²) in [5.74, 6) is -0.0528. The van der Waals surface area contributed by atoms with Gasteiger partial charge in [-0.15, -0.1) is 5.10 Å². The molecule has 0 aliphatic heterocycles. The highest BCUT2D eigenvalue weighted by Gasteiger charge is 2.10. The number of aryl methyl sites for hydroxylation is 1. The van der Waals surface area contributed by atoms with E-state index in [1.807, 2.05) is 25.1 Å². The first-order valence-corrected chi connectivity index (χ1v) is 10.0. The third-order valence-electron chi connectivity index (χ3n) is 4.18. The van der Waals surface area contributed by atoms with Crippen LogP contribution in [0, 0.1) is 0 Å². The molecule has 0 fully saturated rings. The van der Waals surface area contributed by atoms with Crippen LogP contribution in [0.3, 0.4) is 0 Å². The number of nitrogens with zero attached hydrogens (tertiary/aromatic N) is 3. The van der Waals surface area contributed by atoms with E-state index >= 15 is 0 Å². The minimum atomic E-state index is -0.306. The van der Waals surface area contributed by atoms with Crippen LogP contribution in [-0.4, -0.2) is 20.5 Å². The van der Waals surface area contributed by atoms with Crippen molar-refractivity contribution in [1.82, 2.24) is 14.6 Å². The van der Waals surface area contributed by atoms with Crippen molar-refractivity contribution in [2.24, 2.45) is 0 Å². The Balaban J connectivity index is 1.45. The Bertz CT molecular complexity index is 1200. The molecule has 9 heteroatoms. The van der Waals surface area contributed by atoms with E-state index < -0.39 is 0 Å². The number of benzene rings is 1. The van der Waals surface area contributed by atoms with Crippen molar-refractivity contribution in [1.29, 1.82) is 0 Å². The van der Waals surface area contributed by atoms with Gasteiger partial charge in [0, 0.05) is 24.0 Å². The van der Waals surface area contributed by atoms with E-state index in [1.165, 1.54) is 28.2 Å². The Kier molecular flexibility index (Phi) is 5.39. The van der Waals surface area contributed by atoms with E-state index in [2.05, 4.69) is 20.7 Å². The highest BCUT2D eigenvalue weighted by atomic mass is 32.1. The van der Waals surface area contributed by atoms with Crippen molar-refractivity contribution in [3.8, 4) is 0 Å². The third kappa shape index (κ3) is 4.35. The fraction of sp³-hybridized carbons (Fsp3) is 0.200. The number of carbonyl (C=O) groups excluding carboxylic acids is 1. The van der Waals surface area contributed by atoms with Gasteiger partial charge < -0.3 is 15.1 Å². The van der Waals surface area contributed by atoms with E-state index in [0.717, 1.165) is 24.1 Å². The van der Waals surface area contributed by atoms with Gasteiger partial charge in [0.2, 0.25) is 10.1 Å². The van der Waals surface area contributed by atoms with Crippen LogP contribution < -0.4 is 16.2 Å². The summed E-state index contributed by atoms with van der Waals surface area (Å²) in [7, 11) is 0. The van der Waals surface area contributed by atoms with E-state index in [0.29, 0.717) is 22.3 Å². The van der Waals surface area contributed by atoms with Crippen molar-refractivity contribution in [3.63, 3.8) is 0 Å². The van der Waals surface area contributed by atoms with Gasteiger partial charge in [-0.3, -0.25) is 9.59 Å². The lowest BCUT2D eigenvalue weighted by atomic mass is 10.2. The monoisotopic (exact) mass is 409 g/mol. The van der Waals surface area contributed by atoms with Gasteiger partial charge in [-0.05, 0) is 36.2 Å². The average Bonchev–Trinajstić information content (AvgIpc) is 3.37. The molecule has 8 nitrogen and oxygen atoms in total. The molecule has 0 bridgehead atoms. The quantitative estimate of drug-likeness (QED) is 0.484. The Morgan fingerprint density at radius 1 is 1.24 bits per heavy atom. The summed E-state index contributed by atoms with van der Waals surface area (Å²) < 4.78 is 6.41. The maximum absolute atomic E-state index is 12.2. The number of fused-ring (bicyclic) bond motifs is 1. The molecule has 0 radical (unpaired) electrons. The minimum absolute atomic E-state index is 0.176. The minimum Gasteiger partial charge on any atom is -0.459 e. The van der Waals surface area contributed by atoms with Gasteiger partial charge >= 0.3 is 0 Å². The van der Waals surface area contributed by atoms with E-state index in [1.54, 1.807) is 18.2 Å². The lowest BCUT2D eigenvalue weighted by Gasteiger charge is -2.07. The van der Waals surface area contributed by atoms with Crippen molar-refractivity contribution in [3.05, 3.63) is 76.1 Å². The van der Waals surface area contributed by atoms with Crippen LogP contribution in [0.1, 0.15) is 35.2 Å². The average molecular weight is 409 g/mol. The fourth-order valence-corrected chi connectivity index (χ4v) is 3.67. The van der Waals surface area contributed by atoms with Crippen LogP contribution in [-0.2, 0) is 13.0 Å². The second-order valence-corrected chi connectivity index (χ2v) is 7.38. The van der Waals surface area contributed by atoms with Gasteiger partial charge in [0.1, 0.15) is 0 Å². The number of anilines is 2. The zero-order valence-electron chi connectivity index (χ0n) is 15.7. The lowest BCUT2D eigenvalue weighted by Crippen LogP contribution is -2.15. The molecule has 0 saturated carbocycles. The van der Waals surface area contributed by atoms with Crippen LogP contribution in [0.2, 0.25) is 0 Å². The van der Waals surface area contributed by atoms with Crippen LogP contribution in [0.25, 0.3) is 4.96 Å². The number of nitrogens with one attached hydrogen (secondary N) is 2. The third-order valence-corrected chi connectivity index (χ3v) is 5.04.